The third-order valence-electron chi connectivity index (χ3n) is 5.06. The number of piperidine rings is 1. The first-order valence-electron chi connectivity index (χ1n) is 8.56. The van der Waals surface area contributed by atoms with Gasteiger partial charge in [-0.1, -0.05) is 0 Å². The Hall–Kier alpha value is -1.41. The molecular weight excluding hydrogens is 328 g/mol. The summed E-state index contributed by atoms with van der Waals surface area (Å²) in [6.07, 6.45) is 9.12. The monoisotopic (exact) mass is 354 g/mol. The quantitative estimate of drug-likeness (QED) is 0.827. The predicted octanol–water partition coefficient (Wildman–Crippen LogP) is 1.05. The van der Waals surface area contributed by atoms with Crippen LogP contribution in [0.25, 0.3) is 0 Å². The van der Waals surface area contributed by atoms with Crippen molar-refractivity contribution in [3.63, 3.8) is 0 Å². The molecule has 1 aliphatic carbocycles. The molecule has 2 fully saturated rings. The molecule has 7 nitrogen and oxygen atoms in total. The molecule has 0 spiro atoms. The molecule has 2 heterocycles. The van der Waals surface area contributed by atoms with Crippen LogP contribution >= 0.6 is 0 Å². The lowest BCUT2D eigenvalue weighted by Crippen LogP contribution is -2.39. The first-order valence-corrected chi connectivity index (χ1v) is 10.4. The summed E-state index contributed by atoms with van der Waals surface area (Å²) in [6.45, 7) is 1.03. The zero-order valence-corrected chi connectivity index (χ0v) is 15.1. The molecule has 1 atom stereocenters. The van der Waals surface area contributed by atoms with E-state index in [2.05, 4.69) is 10.3 Å². The summed E-state index contributed by atoms with van der Waals surface area (Å²) >= 11 is 0. The smallest absolute Gasteiger partial charge is 0.220 e. The molecular formula is C16H26N4O3S. The summed E-state index contributed by atoms with van der Waals surface area (Å²) in [5.41, 5.74) is 0. The summed E-state index contributed by atoms with van der Waals surface area (Å²) in [7, 11) is -1.16. The molecule has 1 aliphatic heterocycles. The molecule has 0 aromatic carbocycles. The SMILES string of the molecule is Cn1ccnc1[C@@H](NC(=O)CC1CCN(S(C)(=O)=O)CC1)C1CC1. The third-order valence-corrected chi connectivity index (χ3v) is 6.37. The van der Waals surface area contributed by atoms with Crippen molar-refractivity contribution in [1.82, 2.24) is 19.2 Å². The lowest BCUT2D eigenvalue weighted by Gasteiger charge is -2.30. The molecule has 134 valence electrons. The highest BCUT2D eigenvalue weighted by Crippen LogP contribution is 2.40. The van der Waals surface area contributed by atoms with Crippen LogP contribution in [0.5, 0.6) is 0 Å². The van der Waals surface area contributed by atoms with E-state index in [9.17, 15) is 13.2 Å². The molecule has 0 radical (unpaired) electrons. The normalized spacial score (nSPS) is 21.6. The van der Waals surface area contributed by atoms with Crippen molar-refractivity contribution in [3.8, 4) is 0 Å². The lowest BCUT2D eigenvalue weighted by atomic mass is 9.94. The number of aryl methyl sites for hydroxylation is 1. The van der Waals surface area contributed by atoms with Crippen LogP contribution in [0, 0.1) is 11.8 Å². The zero-order valence-electron chi connectivity index (χ0n) is 14.3. The number of hydrogen-bond donors (Lipinski definition) is 1. The van der Waals surface area contributed by atoms with E-state index in [1.807, 2.05) is 17.8 Å². The highest BCUT2D eigenvalue weighted by Gasteiger charge is 2.36. The Bertz CT molecular complexity index is 688. The van der Waals surface area contributed by atoms with Gasteiger partial charge in [-0.05, 0) is 37.5 Å². The van der Waals surface area contributed by atoms with Gasteiger partial charge in [0.05, 0.1) is 12.3 Å². The summed E-state index contributed by atoms with van der Waals surface area (Å²) in [5.74, 6) is 1.71. The average molecular weight is 354 g/mol. The number of sulfonamides is 1. The van der Waals surface area contributed by atoms with E-state index in [1.165, 1.54) is 10.6 Å². The van der Waals surface area contributed by atoms with E-state index in [0.717, 1.165) is 31.5 Å². The summed E-state index contributed by atoms with van der Waals surface area (Å²) < 4.78 is 26.6. The van der Waals surface area contributed by atoms with E-state index in [0.29, 0.717) is 25.4 Å². The second kappa shape index (κ2) is 6.84. The Morgan fingerprint density at radius 3 is 2.50 bits per heavy atom. The van der Waals surface area contributed by atoms with E-state index >= 15 is 0 Å². The number of rotatable bonds is 6. The number of amides is 1. The Morgan fingerprint density at radius 1 is 1.33 bits per heavy atom. The number of hydrogen-bond acceptors (Lipinski definition) is 4. The molecule has 0 unspecified atom stereocenters. The summed E-state index contributed by atoms with van der Waals surface area (Å²) in [6, 6.07) is -0.00592. The van der Waals surface area contributed by atoms with Gasteiger partial charge < -0.3 is 9.88 Å². The summed E-state index contributed by atoms with van der Waals surface area (Å²) in [4.78, 5) is 16.8. The minimum Gasteiger partial charge on any atom is -0.346 e. The van der Waals surface area contributed by atoms with Gasteiger partial charge in [-0.25, -0.2) is 17.7 Å². The second-order valence-electron chi connectivity index (χ2n) is 7.09. The molecule has 1 aromatic rings. The van der Waals surface area contributed by atoms with Crippen LogP contribution in [0.1, 0.15) is 44.0 Å². The van der Waals surface area contributed by atoms with Crippen LogP contribution in [0.3, 0.4) is 0 Å². The van der Waals surface area contributed by atoms with Crippen LogP contribution in [0.4, 0.5) is 0 Å². The Balaban J connectivity index is 1.53. The first-order chi connectivity index (χ1) is 11.3. The third kappa shape index (κ3) is 4.16. The maximum atomic E-state index is 12.5. The van der Waals surface area contributed by atoms with Gasteiger partial charge in [0.2, 0.25) is 15.9 Å². The Morgan fingerprint density at radius 2 is 2.00 bits per heavy atom. The van der Waals surface area contributed by atoms with Crippen LogP contribution in [-0.2, 0) is 21.9 Å². The van der Waals surface area contributed by atoms with Gasteiger partial charge in [-0.2, -0.15) is 0 Å². The highest BCUT2D eigenvalue weighted by atomic mass is 32.2. The topological polar surface area (TPSA) is 84.3 Å². The van der Waals surface area contributed by atoms with Crippen molar-refractivity contribution < 1.29 is 13.2 Å². The molecule has 8 heteroatoms. The number of nitrogens with zero attached hydrogens (tertiary/aromatic N) is 3. The van der Waals surface area contributed by atoms with Crippen molar-refractivity contribution in [2.75, 3.05) is 19.3 Å². The summed E-state index contributed by atoms with van der Waals surface area (Å²) in [5, 5.41) is 3.16. The van der Waals surface area contributed by atoms with Gasteiger partial charge in [0, 0.05) is 39.0 Å². The zero-order chi connectivity index (χ0) is 17.3. The van der Waals surface area contributed by atoms with Gasteiger partial charge in [0.25, 0.3) is 0 Å². The van der Waals surface area contributed by atoms with Crippen molar-refractivity contribution in [2.24, 2.45) is 18.9 Å². The van der Waals surface area contributed by atoms with Crippen molar-refractivity contribution in [2.45, 2.75) is 38.1 Å². The maximum Gasteiger partial charge on any atom is 0.220 e. The molecule has 24 heavy (non-hydrogen) atoms. The van der Waals surface area contributed by atoms with Gasteiger partial charge in [-0.3, -0.25) is 4.79 Å². The number of nitrogens with one attached hydrogen (secondary N) is 1. The molecule has 3 rings (SSSR count). The maximum absolute atomic E-state index is 12.5. The molecule has 1 N–H and O–H groups in total. The number of aromatic nitrogens is 2. The predicted molar refractivity (Wildman–Crippen MR) is 90.6 cm³/mol. The van der Waals surface area contributed by atoms with E-state index in [4.69, 9.17) is 0 Å². The van der Waals surface area contributed by atoms with Gasteiger partial charge >= 0.3 is 0 Å². The first kappa shape index (κ1) is 17.4. The van der Waals surface area contributed by atoms with Gasteiger partial charge in [0.15, 0.2) is 0 Å². The number of carbonyl (C=O) groups is 1. The van der Waals surface area contributed by atoms with E-state index < -0.39 is 10.0 Å². The Labute approximate surface area is 143 Å². The van der Waals surface area contributed by atoms with Gasteiger partial charge in [0.1, 0.15) is 5.82 Å². The van der Waals surface area contributed by atoms with Crippen LogP contribution in [0.2, 0.25) is 0 Å². The largest absolute Gasteiger partial charge is 0.346 e. The fourth-order valence-corrected chi connectivity index (χ4v) is 4.31. The lowest BCUT2D eigenvalue weighted by molar-refractivity contribution is -0.123. The highest BCUT2D eigenvalue weighted by molar-refractivity contribution is 7.88. The van der Waals surface area contributed by atoms with Crippen molar-refractivity contribution >= 4 is 15.9 Å². The average Bonchev–Trinajstić information content (AvgIpc) is 3.26. The molecule has 0 bridgehead atoms. The van der Waals surface area contributed by atoms with Crippen LogP contribution in [0.15, 0.2) is 12.4 Å². The minimum absolute atomic E-state index is 0.00592. The molecule has 1 aromatic heterocycles. The minimum atomic E-state index is -3.11. The van der Waals surface area contributed by atoms with Crippen LogP contribution < -0.4 is 5.32 Å². The van der Waals surface area contributed by atoms with Crippen molar-refractivity contribution in [3.05, 3.63) is 18.2 Å². The van der Waals surface area contributed by atoms with Crippen molar-refractivity contribution in [1.29, 1.82) is 0 Å². The van der Waals surface area contributed by atoms with Gasteiger partial charge in [-0.15, -0.1) is 0 Å². The standard InChI is InChI=1S/C16H26N4O3S/c1-19-10-7-17-16(19)15(13-3-4-13)18-14(21)11-12-5-8-20(9-6-12)24(2,22)23/h7,10,12-13,15H,3-6,8-9,11H2,1-2H3,(H,18,21)/t15-/m0/s1. The molecule has 1 saturated heterocycles. The van der Waals surface area contributed by atoms with E-state index in [1.54, 1.807) is 6.20 Å². The fourth-order valence-electron chi connectivity index (χ4n) is 3.44. The number of imidazole rings is 1. The molecule has 2 aliphatic rings. The molecule has 1 amide bonds. The fraction of sp³-hybridized carbons (Fsp3) is 0.750. The molecule has 1 saturated carbocycles. The second-order valence-corrected chi connectivity index (χ2v) is 9.07. The van der Waals surface area contributed by atoms with Crippen LogP contribution in [-0.4, -0.2) is 47.5 Å². The van der Waals surface area contributed by atoms with E-state index in [-0.39, 0.29) is 17.9 Å². The number of carbonyl (C=O) groups excluding carboxylic acids is 1. The Kier molecular flexibility index (Phi) is 4.96.